The maximum Gasteiger partial charge on any atom is 0.137 e. The second-order valence-electron chi connectivity index (χ2n) is 5.02. The van der Waals surface area contributed by atoms with Crippen molar-refractivity contribution in [2.45, 2.75) is 19.4 Å². The number of nitrogens with one attached hydrogen (secondary N) is 1. The van der Waals surface area contributed by atoms with Crippen molar-refractivity contribution in [2.24, 2.45) is 0 Å². The number of aryl methyl sites for hydroxylation is 1. The minimum absolute atomic E-state index is 0.150. The summed E-state index contributed by atoms with van der Waals surface area (Å²) in [7, 11) is 3.60. The van der Waals surface area contributed by atoms with E-state index < -0.39 is 0 Å². The molecule has 0 saturated heterocycles. The average Bonchev–Trinajstić information content (AvgIpc) is 2.49. The van der Waals surface area contributed by atoms with Gasteiger partial charge in [0.1, 0.15) is 11.6 Å². The van der Waals surface area contributed by atoms with Gasteiger partial charge in [0.25, 0.3) is 0 Å². The van der Waals surface area contributed by atoms with E-state index in [9.17, 15) is 4.39 Å². The summed E-state index contributed by atoms with van der Waals surface area (Å²) >= 11 is 3.23. The van der Waals surface area contributed by atoms with Crippen LogP contribution < -0.4 is 10.1 Å². The van der Waals surface area contributed by atoms with Gasteiger partial charge in [0.2, 0.25) is 0 Å². The molecule has 0 heterocycles. The molecule has 1 atom stereocenters. The lowest BCUT2D eigenvalue weighted by atomic mass is 9.97. The van der Waals surface area contributed by atoms with Crippen LogP contribution in [0.5, 0.6) is 5.75 Å². The largest absolute Gasteiger partial charge is 0.496 e. The first-order chi connectivity index (χ1) is 10.0. The Balaban J connectivity index is 2.25. The maximum absolute atomic E-state index is 13.3. The molecular formula is C17H19BrFNO. The number of benzene rings is 2. The predicted molar refractivity (Wildman–Crippen MR) is 87.3 cm³/mol. The van der Waals surface area contributed by atoms with Crippen LogP contribution in [0.25, 0.3) is 0 Å². The van der Waals surface area contributed by atoms with Crippen LogP contribution in [0.15, 0.2) is 40.9 Å². The summed E-state index contributed by atoms with van der Waals surface area (Å²) in [6.07, 6.45) is 0.779. The number of methoxy groups -OCH3 is 1. The lowest BCUT2D eigenvalue weighted by Gasteiger charge is -2.18. The van der Waals surface area contributed by atoms with E-state index in [1.165, 1.54) is 6.07 Å². The molecule has 0 aliphatic heterocycles. The third-order valence-electron chi connectivity index (χ3n) is 3.61. The standard InChI is InChI=1S/C17H19BrFNO/c1-11-4-6-13(10-17(11)21-3)16(20-2)9-12-5-7-15(19)14(18)8-12/h4-8,10,16,20H,9H2,1-3H3. The summed E-state index contributed by atoms with van der Waals surface area (Å²) < 4.78 is 19.2. The van der Waals surface area contributed by atoms with E-state index in [1.54, 1.807) is 7.11 Å². The molecule has 2 rings (SSSR count). The van der Waals surface area contributed by atoms with Gasteiger partial charge in [-0.25, -0.2) is 4.39 Å². The van der Waals surface area contributed by atoms with Gasteiger partial charge in [-0.05, 0) is 71.2 Å². The number of ether oxygens (including phenoxy) is 1. The first-order valence-corrected chi connectivity index (χ1v) is 7.60. The van der Waals surface area contributed by atoms with Crippen LogP contribution in [-0.4, -0.2) is 14.2 Å². The molecule has 0 saturated carbocycles. The molecule has 1 N–H and O–H groups in total. The molecule has 0 fully saturated rings. The normalized spacial score (nSPS) is 12.2. The molecule has 2 aromatic carbocycles. The molecule has 1 unspecified atom stereocenters. The fourth-order valence-corrected chi connectivity index (χ4v) is 2.77. The molecule has 0 amide bonds. The number of likely N-dealkylation sites (N-methyl/N-ethyl adjacent to an activating group) is 1. The molecule has 0 aliphatic rings. The summed E-state index contributed by atoms with van der Waals surface area (Å²) in [5.41, 5.74) is 3.34. The molecule has 112 valence electrons. The van der Waals surface area contributed by atoms with E-state index in [4.69, 9.17) is 4.74 Å². The zero-order chi connectivity index (χ0) is 15.4. The number of rotatable bonds is 5. The van der Waals surface area contributed by atoms with Crippen LogP contribution >= 0.6 is 15.9 Å². The van der Waals surface area contributed by atoms with E-state index in [1.807, 2.05) is 26.1 Å². The highest BCUT2D eigenvalue weighted by Crippen LogP contribution is 2.26. The minimum Gasteiger partial charge on any atom is -0.496 e. The zero-order valence-electron chi connectivity index (χ0n) is 12.4. The minimum atomic E-state index is -0.239. The van der Waals surface area contributed by atoms with Crippen LogP contribution in [0.1, 0.15) is 22.7 Å². The summed E-state index contributed by atoms with van der Waals surface area (Å²) in [6, 6.07) is 11.5. The van der Waals surface area contributed by atoms with Crippen LogP contribution in [0.2, 0.25) is 0 Å². The summed E-state index contributed by atoms with van der Waals surface area (Å²) in [5.74, 6) is 0.643. The number of hydrogen-bond acceptors (Lipinski definition) is 2. The number of halogens is 2. The second-order valence-corrected chi connectivity index (χ2v) is 5.88. The predicted octanol–water partition coefficient (Wildman–Crippen LogP) is 4.41. The van der Waals surface area contributed by atoms with Gasteiger partial charge in [-0.3, -0.25) is 0 Å². The first-order valence-electron chi connectivity index (χ1n) is 6.81. The Bertz CT molecular complexity index is 630. The molecular weight excluding hydrogens is 333 g/mol. The van der Waals surface area contributed by atoms with Crippen molar-refractivity contribution in [2.75, 3.05) is 14.2 Å². The molecule has 0 radical (unpaired) electrons. The third-order valence-corrected chi connectivity index (χ3v) is 4.21. The topological polar surface area (TPSA) is 21.3 Å². The molecule has 0 bridgehead atoms. The van der Waals surface area contributed by atoms with E-state index in [0.29, 0.717) is 4.47 Å². The van der Waals surface area contributed by atoms with Gasteiger partial charge in [0, 0.05) is 6.04 Å². The Kier molecular flexibility index (Phi) is 5.37. The van der Waals surface area contributed by atoms with Crippen molar-refractivity contribution in [3.8, 4) is 5.75 Å². The van der Waals surface area contributed by atoms with Crippen molar-refractivity contribution in [3.05, 3.63) is 63.4 Å². The highest BCUT2D eigenvalue weighted by Gasteiger charge is 2.13. The quantitative estimate of drug-likeness (QED) is 0.861. The highest BCUT2D eigenvalue weighted by molar-refractivity contribution is 9.10. The van der Waals surface area contributed by atoms with Crippen molar-refractivity contribution >= 4 is 15.9 Å². The molecule has 2 aromatic rings. The summed E-state index contributed by atoms with van der Waals surface area (Å²) in [6.45, 7) is 2.02. The Labute approximate surface area is 133 Å². The van der Waals surface area contributed by atoms with Gasteiger partial charge in [-0.1, -0.05) is 18.2 Å². The Morgan fingerprint density at radius 1 is 1.24 bits per heavy atom. The monoisotopic (exact) mass is 351 g/mol. The van der Waals surface area contributed by atoms with Crippen molar-refractivity contribution < 1.29 is 9.13 Å². The van der Waals surface area contributed by atoms with Crippen LogP contribution in [-0.2, 0) is 6.42 Å². The van der Waals surface area contributed by atoms with E-state index in [-0.39, 0.29) is 11.9 Å². The lowest BCUT2D eigenvalue weighted by Crippen LogP contribution is -2.19. The van der Waals surface area contributed by atoms with Gasteiger partial charge in [-0.2, -0.15) is 0 Å². The van der Waals surface area contributed by atoms with E-state index in [0.717, 1.165) is 28.9 Å². The molecule has 0 aromatic heterocycles. The summed E-state index contributed by atoms with van der Waals surface area (Å²) in [5, 5.41) is 3.31. The second kappa shape index (κ2) is 7.05. The van der Waals surface area contributed by atoms with Crippen LogP contribution in [0.4, 0.5) is 4.39 Å². The SMILES string of the molecule is CNC(Cc1ccc(F)c(Br)c1)c1ccc(C)c(OC)c1. The highest BCUT2D eigenvalue weighted by atomic mass is 79.9. The molecule has 4 heteroatoms. The fourth-order valence-electron chi connectivity index (χ4n) is 2.34. The van der Waals surface area contributed by atoms with Gasteiger partial charge in [-0.15, -0.1) is 0 Å². The Hall–Kier alpha value is -1.39. The van der Waals surface area contributed by atoms with Gasteiger partial charge >= 0.3 is 0 Å². The summed E-state index contributed by atoms with van der Waals surface area (Å²) in [4.78, 5) is 0. The van der Waals surface area contributed by atoms with E-state index in [2.05, 4.69) is 39.4 Å². The average molecular weight is 352 g/mol. The first kappa shape index (κ1) is 16.0. The fraction of sp³-hybridized carbons (Fsp3) is 0.294. The van der Waals surface area contributed by atoms with Crippen molar-refractivity contribution in [1.29, 1.82) is 0 Å². The van der Waals surface area contributed by atoms with Crippen molar-refractivity contribution in [1.82, 2.24) is 5.32 Å². The van der Waals surface area contributed by atoms with Crippen LogP contribution in [0.3, 0.4) is 0 Å². The molecule has 21 heavy (non-hydrogen) atoms. The molecule has 2 nitrogen and oxygen atoms in total. The third kappa shape index (κ3) is 3.83. The maximum atomic E-state index is 13.3. The van der Waals surface area contributed by atoms with E-state index >= 15 is 0 Å². The Morgan fingerprint density at radius 3 is 2.62 bits per heavy atom. The number of hydrogen-bond donors (Lipinski definition) is 1. The van der Waals surface area contributed by atoms with Gasteiger partial charge < -0.3 is 10.1 Å². The lowest BCUT2D eigenvalue weighted by molar-refractivity contribution is 0.410. The molecule has 0 aliphatic carbocycles. The van der Waals surface area contributed by atoms with Crippen LogP contribution in [0, 0.1) is 12.7 Å². The van der Waals surface area contributed by atoms with Gasteiger partial charge in [0.05, 0.1) is 11.6 Å². The smallest absolute Gasteiger partial charge is 0.137 e. The van der Waals surface area contributed by atoms with Crippen molar-refractivity contribution in [3.63, 3.8) is 0 Å². The van der Waals surface area contributed by atoms with Gasteiger partial charge in [0.15, 0.2) is 0 Å². The molecule has 0 spiro atoms. The Morgan fingerprint density at radius 2 is 2.00 bits per heavy atom. The zero-order valence-corrected chi connectivity index (χ0v) is 14.0.